The summed E-state index contributed by atoms with van der Waals surface area (Å²) in [6.07, 6.45) is 4.79. The second-order valence-corrected chi connectivity index (χ2v) is 6.74. The summed E-state index contributed by atoms with van der Waals surface area (Å²) in [5.41, 5.74) is 3.39. The molecule has 0 fully saturated rings. The van der Waals surface area contributed by atoms with Crippen molar-refractivity contribution in [3.63, 3.8) is 0 Å². The monoisotopic (exact) mass is 408 g/mol. The minimum absolute atomic E-state index is 0.332. The van der Waals surface area contributed by atoms with Crippen LogP contribution in [-0.4, -0.2) is 27.0 Å². The number of furan rings is 1. The maximum absolute atomic E-state index is 12.1. The van der Waals surface area contributed by atoms with Gasteiger partial charge in [-0.3, -0.25) is 10.2 Å². The third-order valence-corrected chi connectivity index (χ3v) is 4.89. The van der Waals surface area contributed by atoms with Gasteiger partial charge in [-0.05, 0) is 43.5 Å². The van der Waals surface area contributed by atoms with Crippen LogP contribution >= 0.6 is 35.0 Å². The smallest absolute Gasteiger partial charge is 0.263 e. The van der Waals surface area contributed by atoms with Crippen LogP contribution in [-0.2, 0) is 4.79 Å². The van der Waals surface area contributed by atoms with Crippen molar-refractivity contribution in [2.75, 3.05) is 11.7 Å². The third-order valence-electron chi connectivity index (χ3n) is 3.44. The van der Waals surface area contributed by atoms with Crippen molar-refractivity contribution < 1.29 is 9.21 Å². The SMILES string of the molecule is CSc1nnc(C)n1NC(=O)C=Cc1ccc(-c2cccc(Cl)c2Cl)o1. The molecule has 0 aliphatic rings. The molecule has 3 aromatic rings. The predicted molar refractivity (Wildman–Crippen MR) is 104 cm³/mol. The minimum Gasteiger partial charge on any atom is -0.457 e. The molecule has 0 radical (unpaired) electrons. The number of thioether (sulfide) groups is 1. The van der Waals surface area contributed by atoms with Crippen LogP contribution in [0.3, 0.4) is 0 Å². The fourth-order valence-electron chi connectivity index (χ4n) is 2.19. The summed E-state index contributed by atoms with van der Waals surface area (Å²) in [5, 5.41) is 9.34. The molecule has 1 aromatic carbocycles. The van der Waals surface area contributed by atoms with E-state index in [4.69, 9.17) is 27.6 Å². The Bertz CT molecular complexity index is 981. The molecule has 2 heterocycles. The molecule has 3 rings (SSSR count). The van der Waals surface area contributed by atoms with Crippen LogP contribution in [0.15, 0.2) is 46.0 Å². The molecule has 0 spiro atoms. The highest BCUT2D eigenvalue weighted by atomic mass is 35.5. The fraction of sp³-hybridized carbons (Fsp3) is 0.118. The number of hydrogen-bond acceptors (Lipinski definition) is 5. The van der Waals surface area contributed by atoms with Gasteiger partial charge in [-0.25, -0.2) is 4.68 Å². The minimum atomic E-state index is -0.332. The van der Waals surface area contributed by atoms with E-state index in [9.17, 15) is 4.79 Å². The first kappa shape index (κ1) is 18.6. The molecule has 134 valence electrons. The van der Waals surface area contributed by atoms with Crippen LogP contribution in [0.2, 0.25) is 10.0 Å². The lowest BCUT2D eigenvalue weighted by molar-refractivity contribution is -0.112. The summed E-state index contributed by atoms with van der Waals surface area (Å²) in [6, 6.07) is 8.82. The van der Waals surface area contributed by atoms with Gasteiger partial charge in [0.15, 0.2) is 0 Å². The van der Waals surface area contributed by atoms with Crippen LogP contribution in [0.1, 0.15) is 11.6 Å². The number of amides is 1. The molecule has 26 heavy (non-hydrogen) atoms. The highest BCUT2D eigenvalue weighted by molar-refractivity contribution is 7.98. The van der Waals surface area contributed by atoms with Gasteiger partial charge < -0.3 is 4.42 Å². The number of carbonyl (C=O) groups excluding carboxylic acids is 1. The highest BCUT2D eigenvalue weighted by Crippen LogP contribution is 2.34. The van der Waals surface area contributed by atoms with E-state index in [1.807, 2.05) is 12.3 Å². The van der Waals surface area contributed by atoms with Crippen LogP contribution < -0.4 is 5.43 Å². The topological polar surface area (TPSA) is 73.0 Å². The average molecular weight is 409 g/mol. The second-order valence-electron chi connectivity index (χ2n) is 5.18. The van der Waals surface area contributed by atoms with Crippen LogP contribution in [0.4, 0.5) is 0 Å². The molecule has 0 saturated carbocycles. The molecule has 0 aliphatic carbocycles. The maximum Gasteiger partial charge on any atom is 0.263 e. The van der Waals surface area contributed by atoms with Crippen LogP contribution in [0.5, 0.6) is 0 Å². The largest absolute Gasteiger partial charge is 0.457 e. The molecular formula is C17H14Cl2N4O2S. The highest BCUT2D eigenvalue weighted by Gasteiger charge is 2.11. The molecule has 0 aliphatic heterocycles. The maximum atomic E-state index is 12.1. The number of benzene rings is 1. The zero-order valence-electron chi connectivity index (χ0n) is 13.9. The van der Waals surface area contributed by atoms with E-state index in [-0.39, 0.29) is 5.91 Å². The summed E-state index contributed by atoms with van der Waals surface area (Å²) >= 11 is 13.6. The van der Waals surface area contributed by atoms with Gasteiger partial charge in [0.05, 0.1) is 10.0 Å². The number of aryl methyl sites for hydroxylation is 1. The number of rotatable bonds is 5. The third kappa shape index (κ3) is 3.95. The number of carbonyl (C=O) groups is 1. The lowest BCUT2D eigenvalue weighted by atomic mass is 10.2. The molecule has 0 bridgehead atoms. The fourth-order valence-corrected chi connectivity index (χ4v) is 3.07. The Balaban J connectivity index is 1.73. The summed E-state index contributed by atoms with van der Waals surface area (Å²) < 4.78 is 7.24. The van der Waals surface area contributed by atoms with Gasteiger partial charge in [0.25, 0.3) is 5.91 Å². The molecule has 6 nitrogen and oxygen atoms in total. The van der Waals surface area contributed by atoms with Crippen molar-refractivity contribution in [3.8, 4) is 11.3 Å². The van der Waals surface area contributed by atoms with E-state index in [0.29, 0.717) is 38.1 Å². The Kier molecular flexibility index (Phi) is 5.70. The zero-order valence-corrected chi connectivity index (χ0v) is 16.2. The van der Waals surface area contributed by atoms with Gasteiger partial charge in [0.1, 0.15) is 17.3 Å². The number of nitrogens with one attached hydrogen (secondary N) is 1. The molecule has 1 amide bonds. The zero-order chi connectivity index (χ0) is 18.7. The first-order valence-electron chi connectivity index (χ1n) is 7.49. The van der Waals surface area contributed by atoms with E-state index >= 15 is 0 Å². The quantitative estimate of drug-likeness (QED) is 0.490. The number of aromatic nitrogens is 3. The van der Waals surface area contributed by atoms with E-state index in [2.05, 4.69) is 15.6 Å². The summed E-state index contributed by atoms with van der Waals surface area (Å²) in [7, 11) is 0. The van der Waals surface area contributed by atoms with Crippen molar-refractivity contribution in [2.45, 2.75) is 12.1 Å². The van der Waals surface area contributed by atoms with E-state index in [1.165, 1.54) is 22.5 Å². The van der Waals surface area contributed by atoms with Gasteiger partial charge >= 0.3 is 0 Å². The van der Waals surface area contributed by atoms with Crippen LogP contribution in [0, 0.1) is 6.92 Å². The summed E-state index contributed by atoms with van der Waals surface area (Å²) in [5.74, 6) is 1.34. The normalized spacial score (nSPS) is 11.2. The van der Waals surface area contributed by atoms with Gasteiger partial charge in [0, 0.05) is 11.6 Å². The molecule has 2 aromatic heterocycles. The van der Waals surface area contributed by atoms with Crippen molar-refractivity contribution in [3.05, 3.63) is 58.0 Å². The van der Waals surface area contributed by atoms with Crippen molar-refractivity contribution in [2.24, 2.45) is 0 Å². The summed E-state index contributed by atoms with van der Waals surface area (Å²) in [4.78, 5) is 12.1. The first-order chi connectivity index (χ1) is 12.5. The van der Waals surface area contributed by atoms with E-state index < -0.39 is 0 Å². The van der Waals surface area contributed by atoms with Crippen molar-refractivity contribution in [1.82, 2.24) is 14.9 Å². The van der Waals surface area contributed by atoms with Crippen LogP contribution in [0.25, 0.3) is 17.4 Å². The Morgan fingerprint density at radius 1 is 1.27 bits per heavy atom. The van der Waals surface area contributed by atoms with Gasteiger partial charge in [0.2, 0.25) is 5.16 Å². The summed E-state index contributed by atoms with van der Waals surface area (Å²) in [6.45, 7) is 1.75. The Morgan fingerprint density at radius 3 is 2.85 bits per heavy atom. The lowest BCUT2D eigenvalue weighted by Crippen LogP contribution is -2.22. The van der Waals surface area contributed by atoms with Gasteiger partial charge in [-0.15, -0.1) is 10.2 Å². The number of hydrogen-bond donors (Lipinski definition) is 1. The second kappa shape index (κ2) is 7.99. The Morgan fingerprint density at radius 2 is 2.08 bits per heavy atom. The molecular weight excluding hydrogens is 395 g/mol. The molecule has 9 heteroatoms. The van der Waals surface area contributed by atoms with Crippen molar-refractivity contribution >= 4 is 46.9 Å². The molecule has 0 saturated heterocycles. The Labute approximate surface area is 164 Å². The van der Waals surface area contributed by atoms with Gasteiger partial charge in [-0.1, -0.05) is 41.0 Å². The average Bonchev–Trinajstić information content (AvgIpc) is 3.23. The standard InChI is InChI=1S/C17H14Cl2N4O2S/c1-10-20-21-17(26-2)23(10)22-15(24)9-7-11-6-8-14(25-11)12-4-3-5-13(18)16(12)19/h3-9H,1-2H3,(H,22,24). The lowest BCUT2D eigenvalue weighted by Gasteiger charge is -2.06. The molecule has 0 unspecified atom stereocenters. The van der Waals surface area contributed by atoms with E-state index in [1.54, 1.807) is 37.3 Å². The van der Waals surface area contributed by atoms with E-state index in [0.717, 1.165) is 0 Å². The van der Waals surface area contributed by atoms with Gasteiger partial charge in [-0.2, -0.15) is 0 Å². The number of halogens is 2. The first-order valence-corrected chi connectivity index (χ1v) is 9.47. The van der Waals surface area contributed by atoms with Crippen molar-refractivity contribution in [1.29, 1.82) is 0 Å². The number of nitrogens with zero attached hydrogens (tertiary/aromatic N) is 3. The predicted octanol–water partition coefficient (Wildman–Crippen LogP) is 4.66. The molecule has 0 atom stereocenters. The Hall–Kier alpha value is -2.22. The molecule has 1 N–H and O–H groups in total.